The molecule has 1 amide bonds. The number of rotatable bonds is 4. The van der Waals surface area contributed by atoms with Gasteiger partial charge in [-0.1, -0.05) is 36.4 Å². The van der Waals surface area contributed by atoms with Gasteiger partial charge in [-0.05, 0) is 18.6 Å². The summed E-state index contributed by atoms with van der Waals surface area (Å²) in [4.78, 5) is 17.1. The lowest BCUT2D eigenvalue weighted by atomic mass is 10.1. The van der Waals surface area contributed by atoms with Crippen molar-refractivity contribution in [3.05, 3.63) is 88.9 Å². The number of fused-ring (bicyclic) bond motifs is 1. The number of imidazole rings is 1. The highest BCUT2D eigenvalue weighted by Gasteiger charge is 2.27. The first kappa shape index (κ1) is 20.5. The van der Waals surface area contributed by atoms with Crippen molar-refractivity contribution in [2.45, 2.75) is 13.3 Å². The second-order valence-electron chi connectivity index (χ2n) is 6.83. The number of amides is 1. The number of halogens is 5. The Bertz CT molecular complexity index is 1290. The highest BCUT2D eigenvalue weighted by atomic mass is 19.2. The molecular weight excluding hydrogens is 417 g/mol. The molecule has 0 atom stereocenters. The predicted octanol–water partition coefficient (Wildman–Crippen LogP) is 5.19. The van der Waals surface area contributed by atoms with Crippen molar-refractivity contribution in [3.63, 3.8) is 0 Å². The van der Waals surface area contributed by atoms with Crippen LogP contribution in [0.1, 0.15) is 11.1 Å². The molecule has 158 valence electrons. The maximum absolute atomic E-state index is 14.0. The van der Waals surface area contributed by atoms with Crippen molar-refractivity contribution in [1.29, 1.82) is 0 Å². The van der Waals surface area contributed by atoms with E-state index in [0.29, 0.717) is 16.9 Å². The number of pyridine rings is 1. The first-order chi connectivity index (χ1) is 14.8. The molecule has 4 rings (SSSR count). The molecule has 0 fully saturated rings. The summed E-state index contributed by atoms with van der Waals surface area (Å²) < 4.78 is 69.7. The first-order valence-corrected chi connectivity index (χ1v) is 9.12. The zero-order valence-electron chi connectivity index (χ0n) is 16.0. The van der Waals surface area contributed by atoms with E-state index < -0.39 is 47.0 Å². The quantitative estimate of drug-likeness (QED) is 0.275. The number of nitrogens with one attached hydrogen (secondary N) is 1. The van der Waals surface area contributed by atoms with Crippen LogP contribution in [0.15, 0.2) is 48.7 Å². The van der Waals surface area contributed by atoms with Crippen molar-refractivity contribution in [2.75, 3.05) is 5.32 Å². The van der Waals surface area contributed by atoms with Crippen LogP contribution in [0.25, 0.3) is 16.9 Å². The minimum Gasteiger partial charge on any atom is -0.310 e. The summed E-state index contributed by atoms with van der Waals surface area (Å²) >= 11 is 0. The second-order valence-corrected chi connectivity index (χ2v) is 6.83. The van der Waals surface area contributed by atoms with Gasteiger partial charge >= 0.3 is 0 Å². The lowest BCUT2D eigenvalue weighted by Crippen LogP contribution is -2.19. The molecule has 2 aromatic carbocycles. The van der Waals surface area contributed by atoms with E-state index in [0.717, 1.165) is 5.56 Å². The number of aryl methyl sites for hydroxylation is 1. The fourth-order valence-electron chi connectivity index (χ4n) is 3.26. The summed E-state index contributed by atoms with van der Waals surface area (Å²) in [5.41, 5.74) is 1.19. The molecule has 4 nitrogen and oxygen atoms in total. The lowest BCUT2D eigenvalue weighted by Gasteiger charge is -2.10. The predicted molar refractivity (Wildman–Crippen MR) is 104 cm³/mol. The van der Waals surface area contributed by atoms with E-state index in [-0.39, 0.29) is 5.82 Å². The largest absolute Gasteiger partial charge is 0.310 e. The third-order valence-electron chi connectivity index (χ3n) is 4.79. The number of anilines is 1. The van der Waals surface area contributed by atoms with Gasteiger partial charge in [0.1, 0.15) is 17.2 Å². The third kappa shape index (κ3) is 3.52. The average molecular weight is 431 g/mol. The number of hydrogen-bond donors (Lipinski definition) is 1. The highest BCUT2D eigenvalue weighted by molar-refractivity contribution is 5.96. The Morgan fingerprint density at radius 2 is 1.52 bits per heavy atom. The molecule has 0 aliphatic carbocycles. The van der Waals surface area contributed by atoms with E-state index in [9.17, 15) is 26.7 Å². The van der Waals surface area contributed by atoms with Crippen LogP contribution >= 0.6 is 0 Å². The summed E-state index contributed by atoms with van der Waals surface area (Å²) in [5, 5.41) is 2.51. The normalized spacial score (nSPS) is 11.2. The number of aromatic nitrogens is 2. The molecule has 2 heterocycles. The van der Waals surface area contributed by atoms with Crippen molar-refractivity contribution in [2.24, 2.45) is 0 Å². The van der Waals surface area contributed by atoms with Crippen LogP contribution < -0.4 is 5.32 Å². The summed E-state index contributed by atoms with van der Waals surface area (Å²) in [6.45, 7) is 1.82. The van der Waals surface area contributed by atoms with Crippen molar-refractivity contribution < 1.29 is 26.7 Å². The van der Waals surface area contributed by atoms with Gasteiger partial charge in [-0.25, -0.2) is 26.9 Å². The van der Waals surface area contributed by atoms with Crippen molar-refractivity contribution in [3.8, 4) is 11.3 Å². The van der Waals surface area contributed by atoms with E-state index >= 15 is 0 Å². The van der Waals surface area contributed by atoms with Gasteiger partial charge in [-0.2, -0.15) is 0 Å². The second kappa shape index (κ2) is 7.82. The minimum atomic E-state index is -2.28. The Morgan fingerprint density at radius 3 is 2.16 bits per heavy atom. The van der Waals surface area contributed by atoms with Crippen LogP contribution in [0, 0.1) is 36.0 Å². The standard InChI is InChI=1S/C22H14F5N3O/c1-11-6-5-9-30-21(11)29-20(12-7-3-2-4-8-12)22(30)28-14(31)10-13-15(23)17(25)19(27)18(26)16(13)24/h2-9H,10H2,1H3,(H,28,31). The van der Waals surface area contributed by atoms with E-state index in [1.807, 2.05) is 13.0 Å². The van der Waals surface area contributed by atoms with Gasteiger partial charge in [0.2, 0.25) is 11.7 Å². The summed E-state index contributed by atoms with van der Waals surface area (Å²) in [5.74, 6) is -11.3. The number of carbonyl (C=O) groups excluding carboxylic acids is 1. The van der Waals surface area contributed by atoms with Crippen LogP contribution in [0.3, 0.4) is 0 Å². The molecule has 2 aromatic heterocycles. The fraction of sp³-hybridized carbons (Fsp3) is 0.0909. The van der Waals surface area contributed by atoms with Gasteiger partial charge in [0.05, 0.1) is 6.42 Å². The lowest BCUT2D eigenvalue weighted by molar-refractivity contribution is -0.115. The number of benzene rings is 2. The molecule has 0 bridgehead atoms. The zero-order valence-corrected chi connectivity index (χ0v) is 16.0. The smallest absolute Gasteiger partial charge is 0.230 e. The average Bonchev–Trinajstić information content (AvgIpc) is 3.14. The molecule has 31 heavy (non-hydrogen) atoms. The molecule has 9 heteroatoms. The summed E-state index contributed by atoms with van der Waals surface area (Å²) in [6.07, 6.45) is 0.578. The Balaban J connectivity index is 1.76. The van der Waals surface area contributed by atoms with Gasteiger partial charge < -0.3 is 5.32 Å². The van der Waals surface area contributed by atoms with Crippen LogP contribution in [0.4, 0.5) is 27.8 Å². The topological polar surface area (TPSA) is 46.4 Å². The maximum atomic E-state index is 14.0. The van der Waals surface area contributed by atoms with Crippen molar-refractivity contribution in [1.82, 2.24) is 9.38 Å². The molecule has 4 aromatic rings. The zero-order chi connectivity index (χ0) is 22.3. The number of nitrogens with zero attached hydrogens (tertiary/aromatic N) is 2. The molecule has 0 aliphatic heterocycles. The molecule has 0 unspecified atom stereocenters. The minimum absolute atomic E-state index is 0.207. The van der Waals surface area contributed by atoms with Gasteiger partial charge in [0.15, 0.2) is 23.3 Å². The Labute approximate surface area is 173 Å². The number of carbonyl (C=O) groups is 1. The molecule has 0 aliphatic rings. The molecule has 0 saturated carbocycles. The number of hydrogen-bond acceptors (Lipinski definition) is 2. The SMILES string of the molecule is Cc1cccn2c(NC(=O)Cc3c(F)c(F)c(F)c(F)c3F)c(-c3ccccc3)nc12. The molecular formula is C22H14F5N3O. The Morgan fingerprint density at radius 1 is 0.903 bits per heavy atom. The van der Waals surface area contributed by atoms with Gasteiger partial charge in [-0.15, -0.1) is 0 Å². The molecule has 0 spiro atoms. The Hall–Kier alpha value is -3.75. The molecule has 0 radical (unpaired) electrons. The van der Waals surface area contributed by atoms with Gasteiger partial charge in [0, 0.05) is 17.3 Å². The summed E-state index contributed by atoms with van der Waals surface area (Å²) in [6, 6.07) is 12.4. The fourth-order valence-corrected chi connectivity index (χ4v) is 3.26. The van der Waals surface area contributed by atoms with Crippen LogP contribution in [0.2, 0.25) is 0 Å². The van der Waals surface area contributed by atoms with E-state index in [2.05, 4.69) is 10.3 Å². The van der Waals surface area contributed by atoms with Gasteiger partial charge in [0.25, 0.3) is 0 Å². The first-order valence-electron chi connectivity index (χ1n) is 9.12. The van der Waals surface area contributed by atoms with Gasteiger partial charge in [-0.3, -0.25) is 9.20 Å². The van der Waals surface area contributed by atoms with Crippen LogP contribution in [-0.2, 0) is 11.2 Å². The Kier molecular flexibility index (Phi) is 5.18. The van der Waals surface area contributed by atoms with E-state index in [4.69, 9.17) is 0 Å². The highest BCUT2D eigenvalue weighted by Crippen LogP contribution is 2.30. The monoisotopic (exact) mass is 431 g/mol. The molecule has 1 N–H and O–H groups in total. The van der Waals surface area contributed by atoms with E-state index in [1.54, 1.807) is 47.0 Å². The third-order valence-corrected chi connectivity index (χ3v) is 4.79. The molecule has 0 saturated heterocycles. The van der Waals surface area contributed by atoms with Crippen LogP contribution in [0.5, 0.6) is 0 Å². The van der Waals surface area contributed by atoms with E-state index in [1.165, 1.54) is 0 Å². The maximum Gasteiger partial charge on any atom is 0.230 e. The summed E-state index contributed by atoms with van der Waals surface area (Å²) in [7, 11) is 0. The van der Waals surface area contributed by atoms with Crippen molar-refractivity contribution >= 4 is 17.4 Å². The van der Waals surface area contributed by atoms with Crippen LogP contribution in [-0.4, -0.2) is 15.3 Å².